The van der Waals surface area contributed by atoms with E-state index >= 15 is 0 Å². The van der Waals surface area contributed by atoms with E-state index in [2.05, 4.69) is 5.10 Å². The minimum absolute atomic E-state index is 0.202. The molecule has 2 aromatic rings. The summed E-state index contributed by atoms with van der Waals surface area (Å²) >= 11 is 0. The maximum atomic E-state index is 12.4. The topological polar surface area (TPSA) is 106 Å². The SMILES string of the molecule is CS(=O)(=O)N1CCN(C(=O)Cn2nc(-c3ccco3)ccc2=O)CC1. The molecule has 1 amide bonds. The second-order valence-electron chi connectivity index (χ2n) is 5.73. The predicted octanol–water partition coefficient (Wildman–Crippen LogP) is -0.393. The second kappa shape index (κ2) is 6.81. The number of sulfonamides is 1. The molecule has 1 saturated heterocycles. The van der Waals surface area contributed by atoms with Crippen molar-refractivity contribution >= 4 is 15.9 Å². The van der Waals surface area contributed by atoms with Crippen LogP contribution in [0, 0.1) is 0 Å². The first kappa shape index (κ1) is 17.4. The van der Waals surface area contributed by atoms with Gasteiger partial charge in [0.2, 0.25) is 15.9 Å². The van der Waals surface area contributed by atoms with Crippen molar-refractivity contribution in [2.45, 2.75) is 6.54 Å². The van der Waals surface area contributed by atoms with E-state index in [1.165, 1.54) is 27.6 Å². The van der Waals surface area contributed by atoms with Gasteiger partial charge in [0.1, 0.15) is 12.2 Å². The molecule has 134 valence electrons. The molecule has 0 aromatic carbocycles. The van der Waals surface area contributed by atoms with Crippen LogP contribution in [0.2, 0.25) is 0 Å². The minimum atomic E-state index is -3.25. The number of hydrogen-bond acceptors (Lipinski definition) is 6. The average Bonchev–Trinajstić information content (AvgIpc) is 3.10. The first-order valence-electron chi connectivity index (χ1n) is 7.69. The summed E-state index contributed by atoms with van der Waals surface area (Å²) in [5, 5.41) is 4.16. The lowest BCUT2D eigenvalue weighted by Crippen LogP contribution is -2.51. The van der Waals surface area contributed by atoms with E-state index in [9.17, 15) is 18.0 Å². The second-order valence-corrected chi connectivity index (χ2v) is 7.72. The summed E-state index contributed by atoms with van der Waals surface area (Å²) in [6.07, 6.45) is 2.65. The Hall–Kier alpha value is -2.46. The number of furan rings is 1. The van der Waals surface area contributed by atoms with Gasteiger partial charge < -0.3 is 9.32 Å². The lowest BCUT2D eigenvalue weighted by Gasteiger charge is -2.33. The molecule has 0 unspecified atom stereocenters. The van der Waals surface area contributed by atoms with Crippen LogP contribution in [0.3, 0.4) is 0 Å². The summed E-state index contributed by atoms with van der Waals surface area (Å²) in [6.45, 7) is 0.877. The maximum absolute atomic E-state index is 12.4. The van der Waals surface area contributed by atoms with Gasteiger partial charge in [-0.1, -0.05) is 0 Å². The Morgan fingerprint density at radius 1 is 1.20 bits per heavy atom. The first-order valence-corrected chi connectivity index (χ1v) is 9.54. The molecule has 9 nitrogen and oxygen atoms in total. The van der Waals surface area contributed by atoms with Gasteiger partial charge in [-0.15, -0.1) is 0 Å². The molecule has 0 N–H and O–H groups in total. The number of hydrogen-bond donors (Lipinski definition) is 0. The number of amides is 1. The fourth-order valence-corrected chi connectivity index (χ4v) is 3.44. The molecule has 0 atom stereocenters. The Morgan fingerprint density at radius 3 is 2.52 bits per heavy atom. The molecular weight excluding hydrogens is 348 g/mol. The summed E-state index contributed by atoms with van der Waals surface area (Å²) < 4.78 is 30.7. The van der Waals surface area contributed by atoms with E-state index in [4.69, 9.17) is 4.42 Å². The van der Waals surface area contributed by atoms with Crippen LogP contribution in [0.4, 0.5) is 0 Å². The number of aromatic nitrogens is 2. The van der Waals surface area contributed by atoms with Gasteiger partial charge in [0.05, 0.1) is 12.5 Å². The monoisotopic (exact) mass is 366 g/mol. The third kappa shape index (κ3) is 3.97. The highest BCUT2D eigenvalue weighted by atomic mass is 32.2. The molecule has 3 heterocycles. The zero-order valence-electron chi connectivity index (χ0n) is 13.7. The maximum Gasteiger partial charge on any atom is 0.267 e. The molecule has 3 rings (SSSR count). The molecule has 0 radical (unpaired) electrons. The van der Waals surface area contributed by atoms with Gasteiger partial charge in [-0.3, -0.25) is 9.59 Å². The van der Waals surface area contributed by atoms with Crippen molar-refractivity contribution in [1.29, 1.82) is 0 Å². The highest BCUT2D eigenvalue weighted by Gasteiger charge is 2.26. The number of nitrogens with zero attached hydrogens (tertiary/aromatic N) is 4. The van der Waals surface area contributed by atoms with Crippen LogP contribution in [0.15, 0.2) is 39.7 Å². The van der Waals surface area contributed by atoms with Crippen molar-refractivity contribution in [2.24, 2.45) is 0 Å². The highest BCUT2D eigenvalue weighted by molar-refractivity contribution is 7.88. The van der Waals surface area contributed by atoms with Crippen molar-refractivity contribution in [1.82, 2.24) is 19.0 Å². The minimum Gasteiger partial charge on any atom is -0.463 e. The lowest BCUT2D eigenvalue weighted by molar-refractivity contribution is -0.133. The molecule has 0 bridgehead atoms. The zero-order chi connectivity index (χ0) is 18.0. The number of carbonyl (C=O) groups is 1. The van der Waals surface area contributed by atoms with E-state index in [1.807, 2.05) is 0 Å². The molecule has 1 aliphatic rings. The molecular formula is C15H18N4O5S. The molecule has 1 fully saturated rings. The van der Waals surface area contributed by atoms with Crippen LogP contribution in [0.5, 0.6) is 0 Å². The smallest absolute Gasteiger partial charge is 0.267 e. The van der Waals surface area contributed by atoms with Crippen molar-refractivity contribution in [3.8, 4) is 11.5 Å². The van der Waals surface area contributed by atoms with Crippen LogP contribution in [-0.2, 0) is 21.4 Å². The molecule has 0 aliphatic carbocycles. The van der Waals surface area contributed by atoms with Gasteiger partial charge in [0.15, 0.2) is 5.76 Å². The van der Waals surface area contributed by atoms with E-state index in [-0.39, 0.29) is 25.5 Å². The Labute approximate surface area is 144 Å². The van der Waals surface area contributed by atoms with Gasteiger partial charge in [-0.25, -0.2) is 13.1 Å². The molecule has 0 saturated carbocycles. The van der Waals surface area contributed by atoms with E-state index in [0.29, 0.717) is 24.5 Å². The molecule has 2 aromatic heterocycles. The fourth-order valence-electron chi connectivity index (χ4n) is 2.62. The fraction of sp³-hybridized carbons (Fsp3) is 0.400. The number of rotatable bonds is 4. The molecule has 10 heteroatoms. The van der Waals surface area contributed by atoms with Crippen molar-refractivity contribution < 1.29 is 17.6 Å². The van der Waals surface area contributed by atoms with Gasteiger partial charge >= 0.3 is 0 Å². The van der Waals surface area contributed by atoms with Gasteiger partial charge in [0, 0.05) is 32.2 Å². The van der Waals surface area contributed by atoms with Crippen molar-refractivity contribution in [3.63, 3.8) is 0 Å². The van der Waals surface area contributed by atoms with Gasteiger partial charge in [0.25, 0.3) is 5.56 Å². The Balaban J connectivity index is 1.70. The van der Waals surface area contributed by atoms with Crippen molar-refractivity contribution in [2.75, 3.05) is 32.4 Å². The molecule has 1 aliphatic heterocycles. The van der Waals surface area contributed by atoms with E-state index < -0.39 is 15.6 Å². The normalized spacial score (nSPS) is 16.1. The third-order valence-corrected chi connectivity index (χ3v) is 5.29. The van der Waals surface area contributed by atoms with E-state index in [0.717, 1.165) is 10.9 Å². The Bertz CT molecular complexity index is 912. The quantitative estimate of drug-likeness (QED) is 0.729. The summed E-state index contributed by atoms with van der Waals surface area (Å²) in [5.74, 6) is 0.224. The van der Waals surface area contributed by atoms with Crippen LogP contribution in [0.25, 0.3) is 11.5 Å². The Morgan fingerprint density at radius 2 is 1.92 bits per heavy atom. The summed E-state index contributed by atoms with van der Waals surface area (Å²) in [6, 6.07) is 6.29. The molecule has 25 heavy (non-hydrogen) atoms. The first-order chi connectivity index (χ1) is 11.8. The summed E-state index contributed by atoms with van der Waals surface area (Å²) in [7, 11) is -3.25. The van der Waals surface area contributed by atoms with Crippen LogP contribution < -0.4 is 5.56 Å². The Kier molecular flexibility index (Phi) is 4.73. The zero-order valence-corrected chi connectivity index (χ0v) is 14.5. The number of carbonyl (C=O) groups excluding carboxylic acids is 1. The number of piperazine rings is 1. The van der Waals surface area contributed by atoms with E-state index in [1.54, 1.807) is 12.1 Å². The third-order valence-electron chi connectivity index (χ3n) is 3.99. The van der Waals surface area contributed by atoms with Gasteiger partial charge in [-0.2, -0.15) is 9.40 Å². The largest absolute Gasteiger partial charge is 0.463 e. The van der Waals surface area contributed by atoms with Crippen LogP contribution in [0.1, 0.15) is 0 Å². The van der Waals surface area contributed by atoms with Crippen LogP contribution >= 0.6 is 0 Å². The standard InChI is InChI=1S/C15H18N4O5S/c1-25(22,23)18-8-6-17(7-9-18)15(21)11-19-14(20)5-4-12(16-19)13-3-2-10-24-13/h2-5,10H,6-9,11H2,1H3. The lowest BCUT2D eigenvalue weighted by atomic mass is 10.3. The summed E-state index contributed by atoms with van der Waals surface area (Å²) in [4.78, 5) is 25.9. The summed E-state index contributed by atoms with van der Waals surface area (Å²) in [5.41, 5.74) is 0.0673. The molecule has 0 spiro atoms. The van der Waals surface area contributed by atoms with Gasteiger partial charge in [-0.05, 0) is 18.2 Å². The highest BCUT2D eigenvalue weighted by Crippen LogP contribution is 2.15. The van der Waals surface area contributed by atoms with Crippen LogP contribution in [-0.4, -0.2) is 65.7 Å². The predicted molar refractivity (Wildman–Crippen MR) is 89.2 cm³/mol. The average molecular weight is 366 g/mol. The van der Waals surface area contributed by atoms with Crippen molar-refractivity contribution in [3.05, 3.63) is 40.9 Å².